The minimum Gasteiger partial charge on any atom is -0.457 e. The molecule has 0 amide bonds. The predicted molar refractivity (Wildman–Crippen MR) is 79.6 cm³/mol. The fourth-order valence-corrected chi connectivity index (χ4v) is 2.04. The van der Waals surface area contributed by atoms with Crippen LogP contribution in [0.5, 0.6) is 11.5 Å². The van der Waals surface area contributed by atoms with E-state index in [0.717, 1.165) is 29.9 Å². The van der Waals surface area contributed by atoms with Crippen molar-refractivity contribution >= 4 is 0 Å². The topological polar surface area (TPSA) is 35.2 Å². The molecule has 2 N–H and O–H groups in total. The van der Waals surface area contributed by atoms with Crippen LogP contribution in [-0.4, -0.2) is 0 Å². The van der Waals surface area contributed by atoms with Crippen LogP contribution in [0.25, 0.3) is 0 Å². The Morgan fingerprint density at radius 2 is 1.68 bits per heavy atom. The zero-order valence-corrected chi connectivity index (χ0v) is 11.6. The van der Waals surface area contributed by atoms with E-state index in [1.54, 1.807) is 0 Å². The molecular weight excluding hydrogens is 234 g/mol. The summed E-state index contributed by atoms with van der Waals surface area (Å²) in [5.41, 5.74) is 8.37. The summed E-state index contributed by atoms with van der Waals surface area (Å²) in [6.45, 7) is 4.22. The monoisotopic (exact) mass is 255 g/mol. The van der Waals surface area contributed by atoms with Crippen LogP contribution >= 0.6 is 0 Å². The first-order valence-electron chi connectivity index (χ1n) is 6.85. The van der Waals surface area contributed by atoms with Gasteiger partial charge in [0.05, 0.1) is 0 Å². The summed E-state index contributed by atoms with van der Waals surface area (Å²) >= 11 is 0. The lowest BCUT2D eigenvalue weighted by Crippen LogP contribution is -2.08. The van der Waals surface area contributed by atoms with Crippen LogP contribution in [0.1, 0.15) is 37.4 Å². The number of aryl methyl sites for hydroxylation is 1. The molecule has 0 aliphatic carbocycles. The van der Waals surface area contributed by atoms with Crippen molar-refractivity contribution in [3.8, 4) is 11.5 Å². The molecule has 1 atom stereocenters. The van der Waals surface area contributed by atoms with E-state index in [0.29, 0.717) is 0 Å². The molecular formula is C17H21NO. The van der Waals surface area contributed by atoms with Gasteiger partial charge in [-0.1, -0.05) is 44.2 Å². The average molecular weight is 255 g/mol. The molecule has 2 aromatic rings. The first kappa shape index (κ1) is 13.6. The highest BCUT2D eigenvalue weighted by Crippen LogP contribution is 2.26. The molecule has 0 saturated heterocycles. The van der Waals surface area contributed by atoms with Gasteiger partial charge in [-0.3, -0.25) is 0 Å². The minimum atomic E-state index is 0.108. The van der Waals surface area contributed by atoms with Crippen LogP contribution in [-0.2, 0) is 6.42 Å². The zero-order chi connectivity index (χ0) is 13.7. The highest BCUT2D eigenvalue weighted by atomic mass is 16.5. The number of rotatable bonds is 5. The van der Waals surface area contributed by atoms with E-state index in [1.807, 2.05) is 42.5 Å². The lowest BCUT2D eigenvalue weighted by Gasteiger charge is -2.12. The van der Waals surface area contributed by atoms with Crippen molar-refractivity contribution in [1.82, 2.24) is 0 Å². The Labute approximate surface area is 115 Å². The minimum absolute atomic E-state index is 0.108. The SMILES string of the molecule is CCc1ccccc1Oc1ccc([C@H](N)CC)cc1. The smallest absolute Gasteiger partial charge is 0.130 e. The maximum Gasteiger partial charge on any atom is 0.130 e. The van der Waals surface area contributed by atoms with Gasteiger partial charge in [-0.2, -0.15) is 0 Å². The predicted octanol–water partition coefficient (Wildman–Crippen LogP) is 4.45. The largest absolute Gasteiger partial charge is 0.457 e. The standard InChI is InChI=1S/C17H21NO/c1-3-13-7-5-6-8-17(13)19-15-11-9-14(10-12-15)16(18)4-2/h5-12,16H,3-4,18H2,1-2H3/t16-/m1/s1. The Balaban J connectivity index is 2.15. The van der Waals surface area contributed by atoms with Gasteiger partial charge in [-0.05, 0) is 42.2 Å². The summed E-state index contributed by atoms with van der Waals surface area (Å²) in [6, 6.07) is 16.3. The third kappa shape index (κ3) is 3.36. The second-order valence-electron chi connectivity index (χ2n) is 4.65. The van der Waals surface area contributed by atoms with E-state index >= 15 is 0 Å². The van der Waals surface area contributed by atoms with E-state index in [2.05, 4.69) is 19.9 Å². The summed E-state index contributed by atoms with van der Waals surface area (Å²) in [5, 5.41) is 0. The van der Waals surface area contributed by atoms with Gasteiger partial charge in [0.2, 0.25) is 0 Å². The molecule has 0 bridgehead atoms. The Kier molecular flexibility index (Phi) is 4.58. The number of para-hydroxylation sites is 1. The number of hydrogen-bond acceptors (Lipinski definition) is 2. The molecule has 2 rings (SSSR count). The molecule has 0 heterocycles. The van der Waals surface area contributed by atoms with Crippen LogP contribution in [0.3, 0.4) is 0 Å². The fraction of sp³-hybridized carbons (Fsp3) is 0.294. The number of hydrogen-bond donors (Lipinski definition) is 1. The number of benzene rings is 2. The second-order valence-corrected chi connectivity index (χ2v) is 4.65. The Morgan fingerprint density at radius 1 is 1.00 bits per heavy atom. The molecule has 2 aromatic carbocycles. The summed E-state index contributed by atoms with van der Waals surface area (Å²) in [4.78, 5) is 0. The first-order chi connectivity index (χ1) is 9.24. The number of ether oxygens (including phenoxy) is 1. The highest BCUT2D eigenvalue weighted by molar-refractivity contribution is 5.38. The van der Waals surface area contributed by atoms with Gasteiger partial charge < -0.3 is 10.5 Å². The molecule has 2 nitrogen and oxygen atoms in total. The summed E-state index contributed by atoms with van der Waals surface area (Å²) in [5.74, 6) is 1.78. The summed E-state index contributed by atoms with van der Waals surface area (Å²) in [7, 11) is 0. The van der Waals surface area contributed by atoms with Gasteiger partial charge in [0.1, 0.15) is 11.5 Å². The van der Waals surface area contributed by atoms with E-state index in [-0.39, 0.29) is 6.04 Å². The maximum atomic E-state index is 6.00. The van der Waals surface area contributed by atoms with Gasteiger partial charge in [0, 0.05) is 6.04 Å². The van der Waals surface area contributed by atoms with Crippen molar-refractivity contribution < 1.29 is 4.74 Å². The van der Waals surface area contributed by atoms with Gasteiger partial charge in [0.25, 0.3) is 0 Å². The van der Waals surface area contributed by atoms with E-state index in [4.69, 9.17) is 10.5 Å². The Hall–Kier alpha value is -1.80. The van der Waals surface area contributed by atoms with E-state index in [9.17, 15) is 0 Å². The first-order valence-corrected chi connectivity index (χ1v) is 6.85. The van der Waals surface area contributed by atoms with Crippen molar-refractivity contribution in [2.24, 2.45) is 5.73 Å². The van der Waals surface area contributed by atoms with E-state index in [1.165, 1.54) is 5.56 Å². The zero-order valence-electron chi connectivity index (χ0n) is 11.6. The summed E-state index contributed by atoms with van der Waals surface area (Å²) < 4.78 is 5.93. The van der Waals surface area contributed by atoms with Crippen molar-refractivity contribution in [2.75, 3.05) is 0 Å². The molecule has 0 aromatic heterocycles. The second kappa shape index (κ2) is 6.39. The van der Waals surface area contributed by atoms with Gasteiger partial charge in [-0.15, -0.1) is 0 Å². The highest BCUT2D eigenvalue weighted by Gasteiger charge is 2.05. The molecule has 19 heavy (non-hydrogen) atoms. The molecule has 0 saturated carbocycles. The van der Waals surface area contributed by atoms with Crippen molar-refractivity contribution in [1.29, 1.82) is 0 Å². The molecule has 100 valence electrons. The van der Waals surface area contributed by atoms with Crippen LogP contribution < -0.4 is 10.5 Å². The van der Waals surface area contributed by atoms with Crippen molar-refractivity contribution in [3.05, 3.63) is 59.7 Å². The Morgan fingerprint density at radius 3 is 2.32 bits per heavy atom. The molecule has 0 radical (unpaired) electrons. The third-order valence-corrected chi connectivity index (χ3v) is 3.33. The molecule has 0 spiro atoms. The van der Waals surface area contributed by atoms with Crippen LogP contribution in [0.2, 0.25) is 0 Å². The Bertz CT molecular complexity index is 519. The molecule has 0 aliphatic heterocycles. The van der Waals surface area contributed by atoms with Crippen molar-refractivity contribution in [3.63, 3.8) is 0 Å². The van der Waals surface area contributed by atoms with Gasteiger partial charge >= 0.3 is 0 Å². The van der Waals surface area contributed by atoms with Crippen LogP contribution in [0.4, 0.5) is 0 Å². The molecule has 0 fully saturated rings. The van der Waals surface area contributed by atoms with Crippen LogP contribution in [0, 0.1) is 0 Å². The van der Waals surface area contributed by atoms with Crippen molar-refractivity contribution in [2.45, 2.75) is 32.7 Å². The maximum absolute atomic E-state index is 6.00. The molecule has 0 unspecified atom stereocenters. The number of nitrogens with two attached hydrogens (primary N) is 1. The lowest BCUT2D eigenvalue weighted by atomic mass is 10.1. The third-order valence-electron chi connectivity index (χ3n) is 3.33. The van der Waals surface area contributed by atoms with Crippen LogP contribution in [0.15, 0.2) is 48.5 Å². The van der Waals surface area contributed by atoms with Gasteiger partial charge in [-0.25, -0.2) is 0 Å². The van der Waals surface area contributed by atoms with Gasteiger partial charge in [0.15, 0.2) is 0 Å². The molecule has 0 aliphatic rings. The fourth-order valence-electron chi connectivity index (χ4n) is 2.04. The average Bonchev–Trinajstić information content (AvgIpc) is 2.48. The summed E-state index contributed by atoms with van der Waals surface area (Å²) in [6.07, 6.45) is 1.91. The van der Waals surface area contributed by atoms with E-state index < -0.39 is 0 Å². The normalized spacial score (nSPS) is 12.2. The lowest BCUT2D eigenvalue weighted by molar-refractivity contribution is 0.476. The quantitative estimate of drug-likeness (QED) is 0.856. The molecule has 2 heteroatoms.